The third-order valence-electron chi connectivity index (χ3n) is 5.77. The molecule has 1 atom stereocenters. The summed E-state index contributed by atoms with van der Waals surface area (Å²) in [6.07, 6.45) is 3.45. The standard InChI is InChI=1S/C23H22N4O/c1-24-22-19-11-10-18(14-5-3-2-4-6-14)21(19)26-23(27-22)25-16-8-9-17-15(13-16)7-12-20(17)28/h2-6,8-9,13,18H,7,10-12H2,1H3,(H2,24,25,26,27). The number of Topliss-reactive ketones (excluding diaryl/α,β-unsaturated/α-hetero) is 1. The second-order valence-corrected chi connectivity index (χ2v) is 7.43. The summed E-state index contributed by atoms with van der Waals surface area (Å²) in [5, 5.41) is 6.59. The Bertz CT molecular complexity index is 1060. The largest absolute Gasteiger partial charge is 0.373 e. The lowest BCUT2D eigenvalue weighted by molar-refractivity contribution is 0.0994. The van der Waals surface area contributed by atoms with Gasteiger partial charge in [-0.3, -0.25) is 4.79 Å². The smallest absolute Gasteiger partial charge is 0.229 e. The van der Waals surface area contributed by atoms with Gasteiger partial charge in [0.25, 0.3) is 0 Å². The topological polar surface area (TPSA) is 66.9 Å². The number of benzene rings is 2. The molecule has 0 amide bonds. The molecule has 0 radical (unpaired) electrons. The first-order chi connectivity index (χ1) is 13.7. The average molecular weight is 370 g/mol. The maximum absolute atomic E-state index is 11.9. The number of rotatable bonds is 4. The van der Waals surface area contributed by atoms with Crippen molar-refractivity contribution in [2.24, 2.45) is 0 Å². The SMILES string of the molecule is CNc1nc(Nc2ccc3c(c2)CCC3=O)nc2c1CCC2c1ccccc1. The molecule has 1 unspecified atom stereocenters. The van der Waals surface area contributed by atoms with Crippen LogP contribution >= 0.6 is 0 Å². The Morgan fingerprint density at radius 1 is 1.00 bits per heavy atom. The summed E-state index contributed by atoms with van der Waals surface area (Å²) in [5.74, 6) is 2.01. The lowest BCUT2D eigenvalue weighted by atomic mass is 9.97. The van der Waals surface area contributed by atoms with Crippen LogP contribution in [0.25, 0.3) is 0 Å². The Labute approximate surface area is 164 Å². The monoisotopic (exact) mass is 370 g/mol. The van der Waals surface area contributed by atoms with Crippen LogP contribution in [-0.2, 0) is 12.8 Å². The summed E-state index contributed by atoms with van der Waals surface area (Å²) < 4.78 is 0. The zero-order chi connectivity index (χ0) is 19.1. The molecular weight excluding hydrogens is 348 g/mol. The summed E-state index contributed by atoms with van der Waals surface area (Å²) in [7, 11) is 1.91. The second-order valence-electron chi connectivity index (χ2n) is 7.43. The highest BCUT2D eigenvalue weighted by atomic mass is 16.1. The number of aromatic nitrogens is 2. The van der Waals surface area contributed by atoms with Gasteiger partial charge in [0, 0.05) is 36.2 Å². The molecule has 1 heterocycles. The minimum absolute atomic E-state index is 0.235. The van der Waals surface area contributed by atoms with Crippen molar-refractivity contribution >= 4 is 23.2 Å². The van der Waals surface area contributed by atoms with Crippen LogP contribution in [0.1, 0.15) is 51.5 Å². The maximum atomic E-state index is 11.9. The predicted octanol–water partition coefficient (Wildman–Crippen LogP) is 4.47. The third kappa shape index (κ3) is 2.83. The minimum atomic E-state index is 0.235. The van der Waals surface area contributed by atoms with Crippen LogP contribution in [0.5, 0.6) is 0 Å². The molecule has 28 heavy (non-hydrogen) atoms. The van der Waals surface area contributed by atoms with E-state index in [1.165, 1.54) is 11.1 Å². The van der Waals surface area contributed by atoms with Crippen molar-refractivity contribution < 1.29 is 4.79 Å². The Balaban J connectivity index is 1.50. The molecule has 3 aromatic rings. The zero-order valence-corrected chi connectivity index (χ0v) is 15.8. The van der Waals surface area contributed by atoms with Crippen molar-refractivity contribution in [2.45, 2.75) is 31.6 Å². The Morgan fingerprint density at radius 3 is 2.68 bits per heavy atom. The van der Waals surface area contributed by atoms with Crippen LogP contribution in [0.15, 0.2) is 48.5 Å². The van der Waals surface area contributed by atoms with Crippen molar-refractivity contribution in [3.05, 3.63) is 76.5 Å². The van der Waals surface area contributed by atoms with E-state index in [1.54, 1.807) is 0 Å². The van der Waals surface area contributed by atoms with E-state index < -0.39 is 0 Å². The molecule has 0 saturated carbocycles. The molecule has 140 valence electrons. The first kappa shape index (κ1) is 16.9. The van der Waals surface area contributed by atoms with Gasteiger partial charge in [-0.2, -0.15) is 4.98 Å². The van der Waals surface area contributed by atoms with Gasteiger partial charge in [0.2, 0.25) is 5.95 Å². The first-order valence-electron chi connectivity index (χ1n) is 9.79. The number of ketones is 1. The van der Waals surface area contributed by atoms with Crippen molar-refractivity contribution in [1.29, 1.82) is 0 Å². The Kier molecular flexibility index (Phi) is 4.08. The van der Waals surface area contributed by atoms with Gasteiger partial charge in [-0.15, -0.1) is 0 Å². The molecule has 1 aromatic heterocycles. The van der Waals surface area contributed by atoms with E-state index in [9.17, 15) is 4.79 Å². The molecule has 2 aliphatic carbocycles. The number of aryl methyl sites for hydroxylation is 1. The number of nitrogens with zero attached hydrogens (tertiary/aromatic N) is 2. The molecule has 0 saturated heterocycles. The van der Waals surface area contributed by atoms with Crippen molar-refractivity contribution in [3.63, 3.8) is 0 Å². The Morgan fingerprint density at radius 2 is 1.86 bits per heavy atom. The number of hydrogen-bond donors (Lipinski definition) is 2. The van der Waals surface area contributed by atoms with Gasteiger partial charge < -0.3 is 10.6 Å². The lowest BCUT2D eigenvalue weighted by Crippen LogP contribution is -2.08. The summed E-state index contributed by atoms with van der Waals surface area (Å²) in [6, 6.07) is 16.4. The molecule has 2 aliphatic rings. The van der Waals surface area contributed by atoms with E-state index in [1.807, 2.05) is 31.3 Å². The molecule has 0 fully saturated rings. The third-order valence-corrected chi connectivity index (χ3v) is 5.77. The zero-order valence-electron chi connectivity index (χ0n) is 15.8. The van der Waals surface area contributed by atoms with E-state index in [2.05, 4.69) is 34.9 Å². The fraction of sp³-hybridized carbons (Fsp3) is 0.261. The molecule has 2 aromatic carbocycles. The van der Waals surface area contributed by atoms with E-state index in [0.29, 0.717) is 18.3 Å². The fourth-order valence-corrected chi connectivity index (χ4v) is 4.40. The van der Waals surface area contributed by atoms with Gasteiger partial charge in [0.05, 0.1) is 5.69 Å². The molecular formula is C23H22N4O. The van der Waals surface area contributed by atoms with Crippen LogP contribution in [0.4, 0.5) is 17.5 Å². The summed E-state index contributed by atoms with van der Waals surface area (Å²) >= 11 is 0. The molecule has 0 bridgehead atoms. The highest BCUT2D eigenvalue weighted by Gasteiger charge is 2.29. The van der Waals surface area contributed by atoms with Gasteiger partial charge in [-0.1, -0.05) is 30.3 Å². The summed E-state index contributed by atoms with van der Waals surface area (Å²) in [4.78, 5) is 21.5. The molecule has 2 N–H and O–H groups in total. The molecule has 5 rings (SSSR count). The minimum Gasteiger partial charge on any atom is -0.373 e. The van der Waals surface area contributed by atoms with Crippen LogP contribution in [0.3, 0.4) is 0 Å². The van der Waals surface area contributed by atoms with Crippen LogP contribution in [0.2, 0.25) is 0 Å². The van der Waals surface area contributed by atoms with E-state index in [-0.39, 0.29) is 5.78 Å². The van der Waals surface area contributed by atoms with E-state index in [0.717, 1.165) is 47.6 Å². The number of fused-ring (bicyclic) bond motifs is 2. The van der Waals surface area contributed by atoms with Crippen molar-refractivity contribution in [3.8, 4) is 0 Å². The van der Waals surface area contributed by atoms with Crippen LogP contribution in [0, 0.1) is 0 Å². The summed E-state index contributed by atoms with van der Waals surface area (Å²) in [6.45, 7) is 0. The van der Waals surface area contributed by atoms with Gasteiger partial charge in [-0.05, 0) is 48.6 Å². The van der Waals surface area contributed by atoms with Gasteiger partial charge in [-0.25, -0.2) is 4.98 Å². The number of hydrogen-bond acceptors (Lipinski definition) is 5. The maximum Gasteiger partial charge on any atom is 0.229 e. The highest BCUT2D eigenvalue weighted by molar-refractivity contribution is 6.00. The number of carbonyl (C=O) groups is 1. The van der Waals surface area contributed by atoms with Gasteiger partial charge in [0.15, 0.2) is 5.78 Å². The number of carbonyl (C=O) groups excluding carboxylic acids is 1. The average Bonchev–Trinajstić information content (AvgIpc) is 3.32. The second kappa shape index (κ2) is 6.75. The highest BCUT2D eigenvalue weighted by Crippen LogP contribution is 2.40. The molecule has 0 spiro atoms. The fourth-order valence-electron chi connectivity index (χ4n) is 4.40. The van der Waals surface area contributed by atoms with E-state index >= 15 is 0 Å². The molecule has 5 nitrogen and oxygen atoms in total. The number of nitrogens with one attached hydrogen (secondary N) is 2. The summed E-state index contributed by atoms with van der Waals surface area (Å²) in [5.41, 5.74) is 6.48. The number of anilines is 3. The van der Waals surface area contributed by atoms with Crippen LogP contribution < -0.4 is 10.6 Å². The molecule has 0 aliphatic heterocycles. The Hall–Kier alpha value is -3.21. The van der Waals surface area contributed by atoms with Gasteiger partial charge in [0.1, 0.15) is 5.82 Å². The van der Waals surface area contributed by atoms with Crippen molar-refractivity contribution in [2.75, 3.05) is 17.7 Å². The van der Waals surface area contributed by atoms with Crippen LogP contribution in [-0.4, -0.2) is 22.8 Å². The quantitative estimate of drug-likeness (QED) is 0.709. The first-order valence-corrected chi connectivity index (χ1v) is 9.79. The predicted molar refractivity (Wildman–Crippen MR) is 111 cm³/mol. The van der Waals surface area contributed by atoms with Gasteiger partial charge >= 0.3 is 0 Å². The van der Waals surface area contributed by atoms with E-state index in [4.69, 9.17) is 9.97 Å². The lowest BCUT2D eigenvalue weighted by Gasteiger charge is -2.15. The normalized spacial score (nSPS) is 17.3. The van der Waals surface area contributed by atoms with Crippen molar-refractivity contribution in [1.82, 2.24) is 9.97 Å². The molecule has 5 heteroatoms.